The summed E-state index contributed by atoms with van der Waals surface area (Å²) in [4.78, 5) is 42.2. The number of carbonyl (C=O) groups is 1. The number of carbonyl (C=O) groups excluding carboxylic acids is 1. The highest BCUT2D eigenvalue weighted by Gasteiger charge is 2.24. The molecule has 0 unspecified atom stereocenters. The lowest BCUT2D eigenvalue weighted by molar-refractivity contribution is -0.118. The van der Waals surface area contributed by atoms with Crippen LogP contribution in [-0.2, 0) is 24.3 Å². The van der Waals surface area contributed by atoms with Crippen LogP contribution in [0.5, 0.6) is 5.75 Å². The van der Waals surface area contributed by atoms with E-state index in [9.17, 15) is 14.4 Å². The predicted molar refractivity (Wildman–Crippen MR) is 125 cm³/mol. The van der Waals surface area contributed by atoms with Gasteiger partial charge in [0.05, 0.1) is 20.1 Å². The summed E-state index contributed by atoms with van der Waals surface area (Å²) in [6.45, 7) is 2.50. The van der Waals surface area contributed by atoms with Gasteiger partial charge in [-0.05, 0) is 29.7 Å². The molecule has 0 saturated carbocycles. The molecule has 1 heterocycles. The van der Waals surface area contributed by atoms with Crippen LogP contribution in [0.25, 0.3) is 0 Å². The number of hydrogen-bond donors (Lipinski definition) is 2. The van der Waals surface area contributed by atoms with Crippen LogP contribution in [0.4, 0.5) is 11.5 Å². The average molecular weight is 437 g/mol. The second-order valence-corrected chi connectivity index (χ2v) is 7.49. The first-order valence-corrected chi connectivity index (χ1v) is 10.5. The van der Waals surface area contributed by atoms with E-state index in [0.29, 0.717) is 18.7 Å². The van der Waals surface area contributed by atoms with E-state index in [4.69, 9.17) is 10.5 Å². The molecule has 32 heavy (non-hydrogen) atoms. The van der Waals surface area contributed by atoms with Gasteiger partial charge in [0.2, 0.25) is 5.91 Å². The molecule has 0 atom stereocenters. The summed E-state index contributed by atoms with van der Waals surface area (Å²) in [5.74, 6) is 0.370. The summed E-state index contributed by atoms with van der Waals surface area (Å²) < 4.78 is 6.49. The number of nitrogens with one attached hydrogen (secondary N) is 1. The first-order valence-electron chi connectivity index (χ1n) is 10.5. The predicted octanol–water partition coefficient (Wildman–Crippen LogP) is 2.70. The number of benzene rings is 2. The van der Waals surface area contributed by atoms with Gasteiger partial charge in [0, 0.05) is 6.54 Å². The molecular weight excluding hydrogens is 408 g/mol. The van der Waals surface area contributed by atoms with E-state index in [0.717, 1.165) is 17.5 Å². The van der Waals surface area contributed by atoms with Crippen molar-refractivity contribution in [1.29, 1.82) is 0 Å². The van der Waals surface area contributed by atoms with Crippen LogP contribution in [0.1, 0.15) is 30.9 Å². The highest BCUT2D eigenvalue weighted by Crippen LogP contribution is 2.22. The third kappa shape index (κ3) is 5.26. The van der Waals surface area contributed by atoms with Gasteiger partial charge in [0.15, 0.2) is 5.69 Å². The van der Waals surface area contributed by atoms with Crippen LogP contribution >= 0.6 is 0 Å². The van der Waals surface area contributed by atoms with Crippen molar-refractivity contribution in [1.82, 2.24) is 9.55 Å². The standard InChI is InChI=1S/C24H28N4O4/c1-3-4-14-27-22(25)21(23(30)26-24(27)31)28(16-18-8-6-5-7-9-18)20(29)15-17-10-12-19(32-2)13-11-17/h5-13H,3-4,14-16,25H2,1-2H3,(H,26,30,31). The topological polar surface area (TPSA) is 110 Å². The minimum atomic E-state index is -0.681. The number of nitrogen functional groups attached to an aromatic ring is 1. The van der Waals surface area contributed by atoms with E-state index < -0.39 is 11.2 Å². The molecule has 8 heteroatoms. The molecule has 3 aromatic rings. The molecule has 168 valence electrons. The Bertz CT molecular complexity index is 1170. The molecule has 1 aromatic heterocycles. The van der Waals surface area contributed by atoms with Gasteiger partial charge >= 0.3 is 5.69 Å². The Kier molecular flexibility index (Phi) is 7.49. The van der Waals surface area contributed by atoms with Crippen molar-refractivity contribution in [2.75, 3.05) is 17.7 Å². The Balaban J connectivity index is 2.03. The summed E-state index contributed by atoms with van der Waals surface area (Å²) in [7, 11) is 1.57. The van der Waals surface area contributed by atoms with Crippen molar-refractivity contribution in [2.24, 2.45) is 0 Å². The van der Waals surface area contributed by atoms with E-state index >= 15 is 0 Å². The minimum Gasteiger partial charge on any atom is -0.497 e. The average Bonchev–Trinajstić information content (AvgIpc) is 2.79. The number of nitrogens with zero attached hydrogens (tertiary/aromatic N) is 2. The van der Waals surface area contributed by atoms with Crippen LogP contribution in [0.2, 0.25) is 0 Å². The number of ether oxygens (including phenoxy) is 1. The Morgan fingerprint density at radius 3 is 2.38 bits per heavy atom. The Morgan fingerprint density at radius 1 is 1.06 bits per heavy atom. The molecule has 8 nitrogen and oxygen atoms in total. The van der Waals surface area contributed by atoms with Gasteiger partial charge in [-0.25, -0.2) is 4.79 Å². The fraction of sp³-hybridized carbons (Fsp3) is 0.292. The van der Waals surface area contributed by atoms with Crippen molar-refractivity contribution in [3.8, 4) is 5.75 Å². The molecule has 0 bridgehead atoms. The maximum atomic E-state index is 13.4. The van der Waals surface area contributed by atoms with Crippen molar-refractivity contribution in [3.63, 3.8) is 0 Å². The SMILES string of the molecule is CCCCn1c(N)c(N(Cc2ccccc2)C(=O)Cc2ccc(OC)cc2)c(=O)[nH]c1=O. The van der Waals surface area contributed by atoms with Crippen molar-refractivity contribution in [2.45, 2.75) is 39.3 Å². The van der Waals surface area contributed by atoms with E-state index in [-0.39, 0.29) is 30.4 Å². The number of unbranched alkanes of at least 4 members (excludes halogenated alkanes) is 1. The molecule has 0 aliphatic rings. The van der Waals surface area contributed by atoms with E-state index in [1.165, 1.54) is 9.47 Å². The van der Waals surface area contributed by atoms with Crippen LogP contribution in [-0.4, -0.2) is 22.6 Å². The summed E-state index contributed by atoms with van der Waals surface area (Å²) in [6, 6.07) is 16.5. The van der Waals surface area contributed by atoms with Crippen molar-refractivity contribution < 1.29 is 9.53 Å². The van der Waals surface area contributed by atoms with Gasteiger partial charge in [-0.15, -0.1) is 0 Å². The summed E-state index contributed by atoms with van der Waals surface area (Å²) in [5, 5.41) is 0. The Morgan fingerprint density at radius 2 is 1.75 bits per heavy atom. The number of aromatic nitrogens is 2. The van der Waals surface area contributed by atoms with Crippen molar-refractivity contribution >= 4 is 17.4 Å². The minimum absolute atomic E-state index is 0.00814. The van der Waals surface area contributed by atoms with Crippen molar-refractivity contribution in [3.05, 3.63) is 86.6 Å². The number of nitrogens with two attached hydrogens (primary N) is 1. The second kappa shape index (κ2) is 10.5. The number of methoxy groups -OCH3 is 1. The zero-order valence-corrected chi connectivity index (χ0v) is 18.3. The zero-order chi connectivity index (χ0) is 23.1. The van der Waals surface area contributed by atoms with Crippen LogP contribution < -0.4 is 26.6 Å². The lowest BCUT2D eigenvalue weighted by atomic mass is 10.1. The van der Waals surface area contributed by atoms with Gasteiger partial charge < -0.3 is 10.5 Å². The molecule has 3 rings (SSSR count). The van der Waals surface area contributed by atoms with Crippen LogP contribution in [0.3, 0.4) is 0 Å². The lowest BCUT2D eigenvalue weighted by Gasteiger charge is -2.25. The molecule has 0 saturated heterocycles. The molecule has 2 aromatic carbocycles. The smallest absolute Gasteiger partial charge is 0.330 e. The van der Waals surface area contributed by atoms with Gasteiger partial charge in [0.25, 0.3) is 5.56 Å². The first-order chi connectivity index (χ1) is 15.4. The number of H-pyrrole nitrogens is 1. The summed E-state index contributed by atoms with van der Waals surface area (Å²) in [5.41, 5.74) is 6.61. The summed E-state index contributed by atoms with van der Waals surface area (Å²) in [6.07, 6.45) is 1.63. The molecule has 0 radical (unpaired) electrons. The Hall–Kier alpha value is -3.81. The quantitative estimate of drug-likeness (QED) is 0.536. The molecule has 0 spiro atoms. The maximum Gasteiger partial charge on any atom is 0.330 e. The van der Waals surface area contributed by atoms with Crippen LogP contribution in [0, 0.1) is 0 Å². The number of aromatic amines is 1. The highest BCUT2D eigenvalue weighted by molar-refractivity contribution is 5.96. The van der Waals surface area contributed by atoms with Gasteiger partial charge in [-0.1, -0.05) is 55.8 Å². The largest absolute Gasteiger partial charge is 0.497 e. The molecule has 0 aliphatic heterocycles. The molecule has 0 fully saturated rings. The fourth-order valence-electron chi connectivity index (χ4n) is 3.45. The van der Waals surface area contributed by atoms with E-state index in [1.807, 2.05) is 37.3 Å². The van der Waals surface area contributed by atoms with E-state index in [1.54, 1.807) is 31.4 Å². The first kappa shape index (κ1) is 22.9. The van der Waals surface area contributed by atoms with Crippen LogP contribution in [0.15, 0.2) is 64.2 Å². The zero-order valence-electron chi connectivity index (χ0n) is 18.3. The number of hydrogen-bond acceptors (Lipinski definition) is 5. The summed E-state index contributed by atoms with van der Waals surface area (Å²) >= 11 is 0. The molecule has 0 aliphatic carbocycles. The van der Waals surface area contributed by atoms with Gasteiger partial charge in [0.1, 0.15) is 11.6 Å². The van der Waals surface area contributed by atoms with Gasteiger partial charge in [-0.3, -0.25) is 24.0 Å². The Labute approximate surface area is 186 Å². The molecular formula is C24H28N4O4. The third-order valence-corrected chi connectivity index (χ3v) is 5.22. The monoisotopic (exact) mass is 436 g/mol. The normalized spacial score (nSPS) is 10.7. The molecule has 3 N–H and O–H groups in total. The second-order valence-electron chi connectivity index (χ2n) is 7.49. The lowest BCUT2D eigenvalue weighted by Crippen LogP contribution is -2.41. The number of amides is 1. The number of anilines is 2. The number of rotatable bonds is 9. The molecule has 1 amide bonds. The van der Waals surface area contributed by atoms with E-state index in [2.05, 4.69) is 4.98 Å². The van der Waals surface area contributed by atoms with Gasteiger partial charge in [-0.2, -0.15) is 0 Å². The maximum absolute atomic E-state index is 13.4. The highest BCUT2D eigenvalue weighted by atomic mass is 16.5. The fourth-order valence-corrected chi connectivity index (χ4v) is 3.45. The third-order valence-electron chi connectivity index (χ3n) is 5.22.